The predicted molar refractivity (Wildman–Crippen MR) is 138 cm³/mol. The van der Waals surface area contributed by atoms with Crippen molar-refractivity contribution in [3.8, 4) is 0 Å². The molecule has 4 rings (SSSR count). The number of aliphatic hydroxyl groups excluding tert-OH is 1. The molecule has 0 aliphatic carbocycles. The Morgan fingerprint density at radius 3 is 2.57 bits per heavy atom. The third kappa shape index (κ3) is 6.86. The number of hydrogen-bond donors (Lipinski definition) is 4. The van der Waals surface area contributed by atoms with Crippen molar-refractivity contribution < 1.29 is 10.0 Å². The van der Waals surface area contributed by atoms with E-state index in [1.54, 1.807) is 18.5 Å². The summed E-state index contributed by atoms with van der Waals surface area (Å²) in [4.78, 5) is 14.8. The second-order valence-electron chi connectivity index (χ2n) is 8.06. The molecule has 8 nitrogen and oxygen atoms in total. The van der Waals surface area contributed by atoms with Crippen LogP contribution in [0.2, 0.25) is 0 Å². The Bertz CT molecular complexity index is 1290. The van der Waals surface area contributed by atoms with Crippen molar-refractivity contribution >= 4 is 22.1 Å². The molecule has 8 heteroatoms. The van der Waals surface area contributed by atoms with Gasteiger partial charge in [-0.3, -0.25) is 15.1 Å². The average Bonchev–Trinajstić information content (AvgIpc) is 2.88. The fourth-order valence-corrected chi connectivity index (χ4v) is 3.75. The van der Waals surface area contributed by atoms with Crippen LogP contribution in [-0.4, -0.2) is 28.1 Å². The molecule has 0 spiro atoms. The van der Waals surface area contributed by atoms with Crippen LogP contribution in [0, 0.1) is 10.1 Å². The SMILES string of the molecule is O=[N+]([O-])/C=C(\Nc1ccc(CCNCC(O)c2cccnc2)cc1)Nc1cccc2ccccc12. The maximum absolute atomic E-state index is 11.2. The van der Waals surface area contributed by atoms with Crippen molar-refractivity contribution in [1.29, 1.82) is 0 Å². The Hall–Kier alpha value is -4.27. The van der Waals surface area contributed by atoms with Gasteiger partial charge in [-0.05, 0) is 48.2 Å². The number of aromatic nitrogens is 1. The lowest BCUT2D eigenvalue weighted by Crippen LogP contribution is -2.23. The molecule has 0 bridgehead atoms. The Morgan fingerprint density at radius 2 is 1.80 bits per heavy atom. The first kappa shape index (κ1) is 23.9. The topological polar surface area (TPSA) is 112 Å². The molecule has 4 N–H and O–H groups in total. The molecule has 0 saturated heterocycles. The summed E-state index contributed by atoms with van der Waals surface area (Å²) in [5.74, 6) is 0.269. The van der Waals surface area contributed by atoms with Gasteiger partial charge < -0.3 is 21.1 Å². The lowest BCUT2D eigenvalue weighted by Gasteiger charge is -2.14. The van der Waals surface area contributed by atoms with Gasteiger partial charge in [0.25, 0.3) is 6.20 Å². The molecule has 0 amide bonds. The normalized spacial score (nSPS) is 12.3. The minimum absolute atomic E-state index is 0.269. The van der Waals surface area contributed by atoms with Crippen LogP contribution < -0.4 is 16.0 Å². The van der Waals surface area contributed by atoms with E-state index >= 15 is 0 Å². The van der Waals surface area contributed by atoms with Crippen LogP contribution in [0.1, 0.15) is 17.2 Å². The molecule has 0 radical (unpaired) electrons. The first-order valence-electron chi connectivity index (χ1n) is 11.3. The van der Waals surface area contributed by atoms with Crippen LogP contribution in [0.4, 0.5) is 11.4 Å². The number of nitrogens with one attached hydrogen (secondary N) is 3. The third-order valence-electron chi connectivity index (χ3n) is 5.52. The monoisotopic (exact) mass is 469 g/mol. The molecule has 3 aromatic carbocycles. The summed E-state index contributed by atoms with van der Waals surface area (Å²) in [5, 5.41) is 32.9. The summed E-state index contributed by atoms with van der Waals surface area (Å²) in [5.41, 5.74) is 3.40. The van der Waals surface area contributed by atoms with Crippen LogP contribution in [0.15, 0.2) is 103 Å². The standard InChI is InChI=1S/C27H27N5O3/c33-26(22-7-4-15-28-17-22)18-29-16-14-20-10-12-23(13-11-20)30-27(19-32(34)35)31-25-9-3-6-21-5-1-2-8-24(21)25/h1-13,15,17,19,26,29-31,33H,14,16,18H2/b27-19+. The molecule has 0 saturated carbocycles. The quantitative estimate of drug-likeness (QED) is 0.143. The maximum atomic E-state index is 11.2. The van der Waals surface area contributed by atoms with E-state index in [2.05, 4.69) is 20.9 Å². The van der Waals surface area contributed by atoms with Crippen LogP contribution in [-0.2, 0) is 6.42 Å². The largest absolute Gasteiger partial charge is 0.387 e. The summed E-state index contributed by atoms with van der Waals surface area (Å²) in [7, 11) is 0. The second kappa shape index (κ2) is 11.7. The number of hydrogen-bond acceptors (Lipinski definition) is 7. The molecule has 1 aromatic heterocycles. The molecule has 4 aromatic rings. The fourth-order valence-electron chi connectivity index (χ4n) is 3.75. The summed E-state index contributed by atoms with van der Waals surface area (Å²) in [6.07, 6.45) is 4.45. The lowest BCUT2D eigenvalue weighted by molar-refractivity contribution is -0.403. The van der Waals surface area contributed by atoms with Gasteiger partial charge in [0.1, 0.15) is 0 Å². The van der Waals surface area contributed by atoms with Crippen molar-refractivity contribution in [3.63, 3.8) is 0 Å². The van der Waals surface area contributed by atoms with E-state index in [-0.39, 0.29) is 5.82 Å². The molecule has 1 unspecified atom stereocenters. The number of anilines is 2. The first-order chi connectivity index (χ1) is 17.1. The minimum Gasteiger partial charge on any atom is -0.387 e. The van der Waals surface area contributed by atoms with E-state index in [0.29, 0.717) is 13.1 Å². The number of aliphatic hydroxyl groups is 1. The molecular weight excluding hydrogens is 442 g/mol. The number of rotatable bonds is 11. The molecule has 35 heavy (non-hydrogen) atoms. The number of nitrogens with zero attached hydrogens (tertiary/aromatic N) is 2. The molecule has 0 aliphatic rings. The summed E-state index contributed by atoms with van der Waals surface area (Å²) < 4.78 is 0. The molecule has 1 atom stereocenters. The van der Waals surface area contributed by atoms with Gasteiger partial charge in [0, 0.05) is 41.3 Å². The fraction of sp³-hybridized carbons (Fsp3) is 0.148. The molecule has 0 aliphatic heterocycles. The van der Waals surface area contributed by atoms with Gasteiger partial charge in [-0.25, -0.2) is 0 Å². The van der Waals surface area contributed by atoms with Crippen molar-refractivity contribution in [1.82, 2.24) is 10.3 Å². The number of fused-ring (bicyclic) bond motifs is 1. The highest BCUT2D eigenvalue weighted by atomic mass is 16.6. The highest BCUT2D eigenvalue weighted by molar-refractivity contribution is 5.94. The van der Waals surface area contributed by atoms with Crippen molar-refractivity contribution in [2.45, 2.75) is 12.5 Å². The third-order valence-corrected chi connectivity index (χ3v) is 5.52. The lowest BCUT2D eigenvalue weighted by atomic mass is 10.1. The van der Waals surface area contributed by atoms with E-state index < -0.39 is 11.0 Å². The molecule has 0 fully saturated rings. The maximum Gasteiger partial charge on any atom is 0.274 e. The van der Waals surface area contributed by atoms with Crippen LogP contribution in [0.5, 0.6) is 0 Å². The first-order valence-corrected chi connectivity index (χ1v) is 11.3. The zero-order valence-electron chi connectivity index (χ0n) is 19.1. The highest BCUT2D eigenvalue weighted by Gasteiger charge is 2.09. The van der Waals surface area contributed by atoms with Crippen LogP contribution in [0.3, 0.4) is 0 Å². The van der Waals surface area contributed by atoms with Gasteiger partial charge in [0.2, 0.25) is 0 Å². The predicted octanol–water partition coefficient (Wildman–Crippen LogP) is 4.70. The number of nitro groups is 1. The van der Waals surface area contributed by atoms with Gasteiger partial charge in [-0.2, -0.15) is 0 Å². The average molecular weight is 470 g/mol. The van der Waals surface area contributed by atoms with Crippen molar-refractivity contribution in [2.75, 3.05) is 23.7 Å². The summed E-state index contributed by atoms with van der Waals surface area (Å²) >= 11 is 0. The van der Waals surface area contributed by atoms with Gasteiger partial charge in [-0.15, -0.1) is 0 Å². The van der Waals surface area contributed by atoms with Crippen molar-refractivity contribution in [2.24, 2.45) is 0 Å². The molecule has 1 heterocycles. The van der Waals surface area contributed by atoms with E-state index in [4.69, 9.17) is 0 Å². The van der Waals surface area contributed by atoms with E-state index in [1.165, 1.54) is 0 Å². The highest BCUT2D eigenvalue weighted by Crippen LogP contribution is 2.25. The van der Waals surface area contributed by atoms with Gasteiger partial charge >= 0.3 is 0 Å². The number of pyridine rings is 1. The zero-order chi connectivity index (χ0) is 24.5. The van der Waals surface area contributed by atoms with Crippen LogP contribution >= 0.6 is 0 Å². The Labute approximate surface area is 203 Å². The number of benzene rings is 3. The minimum atomic E-state index is -0.601. The Morgan fingerprint density at radius 1 is 1.00 bits per heavy atom. The Balaban J connectivity index is 1.33. The van der Waals surface area contributed by atoms with Gasteiger partial charge in [-0.1, -0.05) is 54.6 Å². The summed E-state index contributed by atoms with van der Waals surface area (Å²) in [6.45, 7) is 1.15. The van der Waals surface area contributed by atoms with Crippen molar-refractivity contribution in [3.05, 3.63) is 125 Å². The van der Waals surface area contributed by atoms with Gasteiger partial charge in [0.15, 0.2) is 5.82 Å². The van der Waals surface area contributed by atoms with E-state index in [0.717, 1.165) is 45.9 Å². The second-order valence-corrected chi connectivity index (χ2v) is 8.06. The molecule has 178 valence electrons. The Kier molecular flexibility index (Phi) is 8.00. The smallest absolute Gasteiger partial charge is 0.274 e. The van der Waals surface area contributed by atoms with Crippen LogP contribution in [0.25, 0.3) is 10.8 Å². The molecular formula is C27H27N5O3. The van der Waals surface area contributed by atoms with E-state index in [9.17, 15) is 15.2 Å². The van der Waals surface area contributed by atoms with E-state index in [1.807, 2.05) is 72.8 Å². The summed E-state index contributed by atoms with van der Waals surface area (Å²) in [6, 6.07) is 25.0. The van der Waals surface area contributed by atoms with Gasteiger partial charge in [0.05, 0.1) is 11.0 Å². The zero-order valence-corrected chi connectivity index (χ0v) is 19.1.